The monoisotopic (exact) mass is 518 g/mol. The first-order chi connectivity index (χ1) is 17.3. The first-order valence-corrected chi connectivity index (χ1v) is 12.5. The van der Waals surface area contributed by atoms with E-state index in [1.807, 2.05) is 13.8 Å². The minimum Gasteiger partial charge on any atom is -0.472 e. The Bertz CT molecular complexity index is 1110. The lowest BCUT2D eigenvalue weighted by atomic mass is 9.37. The number of hydrogen-bond acceptors (Lipinski definition) is 10. The number of carbonyl (C=O) groups is 5. The third-order valence-corrected chi connectivity index (χ3v) is 9.20. The molecule has 0 spiro atoms. The molecule has 0 N–H and O–H groups in total. The average molecular weight is 519 g/mol. The van der Waals surface area contributed by atoms with E-state index in [1.54, 1.807) is 6.07 Å². The van der Waals surface area contributed by atoms with Gasteiger partial charge in [0.1, 0.15) is 29.5 Å². The molecular formula is C27H34O10. The Labute approximate surface area is 215 Å². The number of cyclic esters (lactones) is 1. The second kappa shape index (κ2) is 9.29. The summed E-state index contributed by atoms with van der Waals surface area (Å²) in [6.07, 6.45) is 0.967. The standard InChI is InChI=1S/C27H34O10/c1-14(28)27-9-8-25(4)18(23(31)33-6)11-19(35-15(2)29)21(36-16(3)30)22(25)26(27,5)12-20(37-24(27)32)17-7-10-34-13-17/h7,10,13,18-22H,8-9,11-12H2,1-6H3/t18-,19-,20-,21-,22-,25-,26+,27+/m0/s1. The molecule has 1 aromatic rings. The molecule has 0 unspecified atom stereocenters. The molecule has 202 valence electrons. The smallest absolute Gasteiger partial charge is 0.320 e. The molecule has 1 saturated heterocycles. The summed E-state index contributed by atoms with van der Waals surface area (Å²) in [5.74, 6) is -4.18. The maximum absolute atomic E-state index is 13.8. The summed E-state index contributed by atoms with van der Waals surface area (Å²) in [7, 11) is 1.29. The van der Waals surface area contributed by atoms with Crippen LogP contribution >= 0.6 is 0 Å². The third kappa shape index (κ3) is 3.95. The fraction of sp³-hybridized carbons (Fsp3) is 0.667. The Kier molecular flexibility index (Phi) is 6.75. The highest BCUT2D eigenvalue weighted by Crippen LogP contribution is 2.71. The second-order valence-corrected chi connectivity index (χ2v) is 11.1. The van der Waals surface area contributed by atoms with Gasteiger partial charge in [0.25, 0.3) is 0 Å². The molecule has 2 heterocycles. The zero-order valence-electron chi connectivity index (χ0n) is 22.0. The predicted molar refractivity (Wildman–Crippen MR) is 125 cm³/mol. The summed E-state index contributed by atoms with van der Waals surface area (Å²) >= 11 is 0. The first-order valence-electron chi connectivity index (χ1n) is 12.5. The molecule has 3 aliphatic rings. The molecule has 4 rings (SSSR count). The van der Waals surface area contributed by atoms with Crippen molar-refractivity contribution in [3.8, 4) is 0 Å². The van der Waals surface area contributed by atoms with Crippen LogP contribution in [-0.2, 0) is 42.9 Å². The van der Waals surface area contributed by atoms with E-state index in [1.165, 1.54) is 40.4 Å². The van der Waals surface area contributed by atoms with E-state index >= 15 is 0 Å². The number of methoxy groups -OCH3 is 1. The van der Waals surface area contributed by atoms with Gasteiger partial charge in [0.05, 0.1) is 25.6 Å². The summed E-state index contributed by atoms with van der Waals surface area (Å²) in [6, 6.07) is 1.69. The van der Waals surface area contributed by atoms with Crippen molar-refractivity contribution in [1.29, 1.82) is 0 Å². The van der Waals surface area contributed by atoms with E-state index < -0.39 is 70.3 Å². The Balaban J connectivity index is 1.96. The summed E-state index contributed by atoms with van der Waals surface area (Å²) in [6.45, 7) is 7.58. The molecule has 1 aliphatic heterocycles. The summed E-state index contributed by atoms with van der Waals surface area (Å²) < 4.78 is 27.7. The zero-order valence-corrected chi connectivity index (χ0v) is 22.0. The number of ketones is 1. The van der Waals surface area contributed by atoms with E-state index in [2.05, 4.69) is 0 Å². The van der Waals surface area contributed by atoms with Gasteiger partial charge < -0.3 is 23.4 Å². The molecule has 0 aromatic carbocycles. The fourth-order valence-corrected chi connectivity index (χ4v) is 7.70. The van der Waals surface area contributed by atoms with E-state index in [4.69, 9.17) is 23.4 Å². The topological polar surface area (TPSA) is 135 Å². The van der Waals surface area contributed by atoms with Crippen LogP contribution in [0.1, 0.15) is 72.0 Å². The number of carbonyl (C=O) groups excluding carboxylic acids is 5. The van der Waals surface area contributed by atoms with Crippen molar-refractivity contribution in [3.05, 3.63) is 24.2 Å². The summed E-state index contributed by atoms with van der Waals surface area (Å²) in [5, 5.41) is 0. The molecule has 1 aromatic heterocycles. The van der Waals surface area contributed by atoms with Gasteiger partial charge in [-0.2, -0.15) is 0 Å². The number of hydrogen-bond donors (Lipinski definition) is 0. The minimum atomic E-state index is -1.55. The van der Waals surface area contributed by atoms with Crippen LogP contribution in [-0.4, -0.2) is 49.0 Å². The Morgan fingerprint density at radius 3 is 2.24 bits per heavy atom. The summed E-state index contributed by atoms with van der Waals surface area (Å²) in [5.41, 5.74) is -2.92. The fourth-order valence-electron chi connectivity index (χ4n) is 7.70. The normalized spacial score (nSPS) is 38.9. The van der Waals surface area contributed by atoms with E-state index in [0.717, 1.165) is 0 Å². The number of fused-ring (bicyclic) bond motifs is 3. The molecule has 0 bridgehead atoms. The highest BCUT2D eigenvalue weighted by molar-refractivity contribution is 6.04. The van der Waals surface area contributed by atoms with Crippen LogP contribution in [0.25, 0.3) is 0 Å². The molecular weight excluding hydrogens is 484 g/mol. The van der Waals surface area contributed by atoms with Gasteiger partial charge in [-0.3, -0.25) is 24.0 Å². The van der Waals surface area contributed by atoms with Gasteiger partial charge in [-0.05, 0) is 37.7 Å². The predicted octanol–water partition coefficient (Wildman–Crippen LogP) is 3.32. The van der Waals surface area contributed by atoms with Gasteiger partial charge in [0.15, 0.2) is 0 Å². The molecule has 2 saturated carbocycles. The minimum absolute atomic E-state index is 0.0793. The van der Waals surface area contributed by atoms with E-state index in [0.29, 0.717) is 12.0 Å². The lowest BCUT2D eigenvalue weighted by Crippen LogP contribution is -2.71. The first kappa shape index (κ1) is 26.9. The molecule has 0 amide bonds. The van der Waals surface area contributed by atoms with Crippen molar-refractivity contribution in [3.63, 3.8) is 0 Å². The van der Waals surface area contributed by atoms with Crippen LogP contribution in [0.5, 0.6) is 0 Å². The van der Waals surface area contributed by atoms with Gasteiger partial charge >= 0.3 is 23.9 Å². The van der Waals surface area contributed by atoms with Crippen molar-refractivity contribution in [2.45, 2.75) is 78.6 Å². The quantitative estimate of drug-likeness (QED) is 0.324. The van der Waals surface area contributed by atoms with Crippen LogP contribution in [0.15, 0.2) is 23.0 Å². The molecule has 10 nitrogen and oxygen atoms in total. The SMILES string of the molecule is COC(=O)[C@@H]1C[C@H](OC(C)=O)[C@H](OC(C)=O)[C@H]2[C@@]1(C)CC[C@@]1(C(C)=O)C(=O)O[C@H](c3ccoc3)C[C@]21C. The average Bonchev–Trinajstić information content (AvgIpc) is 3.33. The molecule has 8 atom stereocenters. The molecule has 37 heavy (non-hydrogen) atoms. The third-order valence-electron chi connectivity index (χ3n) is 9.20. The summed E-state index contributed by atoms with van der Waals surface area (Å²) in [4.78, 5) is 64.8. The lowest BCUT2D eigenvalue weighted by Gasteiger charge is -2.66. The largest absolute Gasteiger partial charge is 0.472 e. The lowest BCUT2D eigenvalue weighted by molar-refractivity contribution is -0.261. The highest BCUT2D eigenvalue weighted by atomic mass is 16.6. The Morgan fingerprint density at radius 2 is 1.70 bits per heavy atom. The van der Waals surface area contributed by atoms with Crippen LogP contribution in [0.3, 0.4) is 0 Å². The highest BCUT2D eigenvalue weighted by Gasteiger charge is 2.75. The van der Waals surface area contributed by atoms with Crippen molar-refractivity contribution < 1.29 is 47.3 Å². The van der Waals surface area contributed by atoms with Crippen LogP contribution in [0.2, 0.25) is 0 Å². The van der Waals surface area contributed by atoms with Crippen LogP contribution in [0, 0.1) is 28.1 Å². The second-order valence-electron chi connectivity index (χ2n) is 11.1. The van der Waals surface area contributed by atoms with Crippen molar-refractivity contribution in [2.75, 3.05) is 7.11 Å². The molecule has 10 heteroatoms. The van der Waals surface area contributed by atoms with E-state index in [-0.39, 0.29) is 25.0 Å². The molecule has 2 aliphatic carbocycles. The number of Topliss-reactive ketones (excluding diaryl/α,β-unsaturated/α-hetero) is 1. The van der Waals surface area contributed by atoms with Gasteiger partial charge in [-0.15, -0.1) is 0 Å². The number of rotatable bonds is 5. The van der Waals surface area contributed by atoms with Gasteiger partial charge in [0.2, 0.25) is 0 Å². The zero-order chi connectivity index (χ0) is 27.3. The number of esters is 4. The number of ether oxygens (including phenoxy) is 4. The molecule has 0 radical (unpaired) electrons. The molecule has 3 fully saturated rings. The van der Waals surface area contributed by atoms with Crippen LogP contribution in [0.4, 0.5) is 0 Å². The van der Waals surface area contributed by atoms with Crippen molar-refractivity contribution >= 4 is 29.7 Å². The maximum Gasteiger partial charge on any atom is 0.320 e. The van der Waals surface area contributed by atoms with Crippen molar-refractivity contribution in [1.82, 2.24) is 0 Å². The number of furan rings is 1. The van der Waals surface area contributed by atoms with Crippen LogP contribution < -0.4 is 0 Å². The van der Waals surface area contributed by atoms with Crippen molar-refractivity contribution in [2.24, 2.45) is 28.1 Å². The van der Waals surface area contributed by atoms with E-state index in [9.17, 15) is 24.0 Å². The Morgan fingerprint density at radius 1 is 1.03 bits per heavy atom. The van der Waals surface area contributed by atoms with Gasteiger partial charge in [-0.25, -0.2) is 0 Å². The van der Waals surface area contributed by atoms with Gasteiger partial charge in [-0.1, -0.05) is 13.8 Å². The Hall–Kier alpha value is -3.17. The maximum atomic E-state index is 13.8. The van der Waals surface area contributed by atoms with Gasteiger partial charge in [0, 0.05) is 37.2 Å².